The van der Waals surface area contributed by atoms with Gasteiger partial charge >= 0.3 is 5.97 Å². The zero-order chi connectivity index (χ0) is 17.8. The molecule has 140 valence electrons. The Labute approximate surface area is 147 Å². The molecule has 1 unspecified atom stereocenters. The van der Waals surface area contributed by atoms with E-state index < -0.39 is 5.97 Å². The lowest BCUT2D eigenvalue weighted by Gasteiger charge is -2.25. The van der Waals surface area contributed by atoms with Gasteiger partial charge in [0.15, 0.2) is 0 Å². The third-order valence-corrected chi connectivity index (χ3v) is 5.47. The van der Waals surface area contributed by atoms with Gasteiger partial charge < -0.3 is 10.4 Å². The maximum absolute atomic E-state index is 11.5. The molecule has 0 spiro atoms. The van der Waals surface area contributed by atoms with Gasteiger partial charge in [0.25, 0.3) is 0 Å². The van der Waals surface area contributed by atoms with Crippen molar-refractivity contribution in [2.24, 2.45) is 11.8 Å². The Kier molecular flexibility index (Phi) is 10.8. The van der Waals surface area contributed by atoms with Gasteiger partial charge in [-0.2, -0.15) is 0 Å². The molecule has 1 aliphatic rings. The zero-order valence-corrected chi connectivity index (χ0v) is 15.7. The van der Waals surface area contributed by atoms with E-state index in [1.54, 1.807) is 6.92 Å². The van der Waals surface area contributed by atoms with E-state index in [1.807, 2.05) is 0 Å². The SMILES string of the molecule is CCCCCC[C@H]1CCC(NC(C)=O)[C@@H]1CCCCCCC(=O)O. The lowest BCUT2D eigenvalue weighted by Crippen LogP contribution is -2.37. The van der Waals surface area contributed by atoms with Gasteiger partial charge in [-0.15, -0.1) is 0 Å². The van der Waals surface area contributed by atoms with E-state index in [4.69, 9.17) is 5.11 Å². The molecule has 3 atom stereocenters. The Hall–Kier alpha value is -1.06. The minimum absolute atomic E-state index is 0.0955. The summed E-state index contributed by atoms with van der Waals surface area (Å²) < 4.78 is 0. The monoisotopic (exact) mass is 339 g/mol. The fraction of sp³-hybridized carbons (Fsp3) is 0.900. The van der Waals surface area contributed by atoms with Crippen molar-refractivity contribution in [3.8, 4) is 0 Å². The largest absolute Gasteiger partial charge is 0.481 e. The molecule has 0 aliphatic heterocycles. The van der Waals surface area contributed by atoms with E-state index >= 15 is 0 Å². The summed E-state index contributed by atoms with van der Waals surface area (Å²) in [6.45, 7) is 3.87. The number of unbranched alkanes of at least 4 members (excludes halogenated alkanes) is 6. The quantitative estimate of drug-likeness (QED) is 0.468. The molecule has 1 amide bonds. The third-order valence-electron chi connectivity index (χ3n) is 5.47. The van der Waals surface area contributed by atoms with E-state index in [2.05, 4.69) is 12.2 Å². The van der Waals surface area contributed by atoms with Gasteiger partial charge in [-0.3, -0.25) is 9.59 Å². The van der Waals surface area contributed by atoms with Crippen LogP contribution in [0.25, 0.3) is 0 Å². The number of amides is 1. The molecule has 4 nitrogen and oxygen atoms in total. The number of hydrogen-bond acceptors (Lipinski definition) is 2. The third kappa shape index (κ3) is 8.70. The number of carbonyl (C=O) groups excluding carboxylic acids is 1. The van der Waals surface area contributed by atoms with Crippen LogP contribution in [0.1, 0.15) is 97.3 Å². The number of carboxylic acids is 1. The van der Waals surface area contributed by atoms with Crippen LogP contribution < -0.4 is 5.32 Å². The molecule has 1 rings (SSSR count). The fourth-order valence-electron chi connectivity index (χ4n) is 4.23. The number of aliphatic carboxylic acids is 1. The molecule has 24 heavy (non-hydrogen) atoms. The summed E-state index contributed by atoms with van der Waals surface area (Å²) in [5, 5.41) is 11.9. The predicted octanol–water partition coefficient (Wildman–Crippen LogP) is 4.91. The molecule has 1 saturated carbocycles. The first-order valence-corrected chi connectivity index (χ1v) is 10.0. The molecule has 1 fully saturated rings. The number of carboxylic acid groups (broad SMARTS) is 1. The van der Waals surface area contributed by atoms with Crippen LogP contribution in [-0.4, -0.2) is 23.0 Å². The fourth-order valence-corrected chi connectivity index (χ4v) is 4.23. The molecule has 4 heteroatoms. The van der Waals surface area contributed by atoms with Crippen molar-refractivity contribution in [2.75, 3.05) is 0 Å². The van der Waals surface area contributed by atoms with Crippen molar-refractivity contribution in [1.29, 1.82) is 0 Å². The maximum atomic E-state index is 11.5. The van der Waals surface area contributed by atoms with Crippen molar-refractivity contribution >= 4 is 11.9 Å². The lowest BCUT2D eigenvalue weighted by atomic mass is 9.85. The summed E-state index contributed by atoms with van der Waals surface area (Å²) in [6.07, 6.45) is 14.5. The second kappa shape index (κ2) is 12.3. The number of nitrogens with one attached hydrogen (secondary N) is 1. The van der Waals surface area contributed by atoms with Gasteiger partial charge in [-0.25, -0.2) is 0 Å². The lowest BCUT2D eigenvalue weighted by molar-refractivity contribution is -0.137. The standard InChI is InChI=1S/C20H37NO3/c1-3-4-5-8-11-17-14-15-19(21-16(2)22)18(17)12-9-6-7-10-13-20(23)24/h17-19H,3-15H2,1-2H3,(H,21,22)(H,23,24)/t17-,18+,19?/m0/s1. The van der Waals surface area contributed by atoms with E-state index in [1.165, 1.54) is 44.9 Å². The Morgan fingerprint density at radius 3 is 2.29 bits per heavy atom. The van der Waals surface area contributed by atoms with Crippen LogP contribution in [0.15, 0.2) is 0 Å². The first kappa shape index (κ1) is 21.0. The van der Waals surface area contributed by atoms with E-state index in [9.17, 15) is 9.59 Å². The second-order valence-electron chi connectivity index (χ2n) is 7.50. The van der Waals surface area contributed by atoms with Crippen molar-refractivity contribution in [3.05, 3.63) is 0 Å². The van der Waals surface area contributed by atoms with Crippen molar-refractivity contribution in [2.45, 2.75) is 103 Å². The predicted molar refractivity (Wildman–Crippen MR) is 97.9 cm³/mol. The van der Waals surface area contributed by atoms with Crippen molar-refractivity contribution in [3.63, 3.8) is 0 Å². The van der Waals surface area contributed by atoms with Gasteiger partial charge in [-0.1, -0.05) is 58.3 Å². The highest BCUT2D eigenvalue weighted by Crippen LogP contribution is 2.39. The average Bonchev–Trinajstić information content (AvgIpc) is 2.88. The molecule has 0 heterocycles. The second-order valence-corrected chi connectivity index (χ2v) is 7.50. The maximum Gasteiger partial charge on any atom is 0.303 e. The summed E-state index contributed by atoms with van der Waals surface area (Å²) >= 11 is 0. The molecule has 0 aromatic carbocycles. The van der Waals surface area contributed by atoms with Crippen LogP contribution in [0, 0.1) is 11.8 Å². The van der Waals surface area contributed by atoms with Crippen LogP contribution >= 0.6 is 0 Å². The first-order chi connectivity index (χ1) is 11.5. The Morgan fingerprint density at radius 1 is 0.958 bits per heavy atom. The summed E-state index contributed by atoms with van der Waals surface area (Å²) in [5.74, 6) is 0.787. The first-order valence-electron chi connectivity index (χ1n) is 10.0. The number of carbonyl (C=O) groups is 2. The van der Waals surface area contributed by atoms with E-state index in [-0.39, 0.29) is 12.3 Å². The van der Waals surface area contributed by atoms with E-state index in [0.717, 1.165) is 38.0 Å². The molecule has 0 aromatic heterocycles. The highest BCUT2D eigenvalue weighted by Gasteiger charge is 2.35. The normalized spacial score (nSPS) is 23.3. The van der Waals surface area contributed by atoms with Crippen LogP contribution in [-0.2, 0) is 9.59 Å². The number of rotatable bonds is 13. The molecule has 0 radical (unpaired) electrons. The average molecular weight is 340 g/mol. The Balaban J connectivity index is 2.35. The molecule has 2 N–H and O–H groups in total. The van der Waals surface area contributed by atoms with Crippen LogP contribution in [0.2, 0.25) is 0 Å². The summed E-state index contributed by atoms with van der Waals surface area (Å²) in [6, 6.07) is 0.359. The highest BCUT2D eigenvalue weighted by atomic mass is 16.4. The molecule has 0 aromatic rings. The summed E-state index contributed by atoms with van der Waals surface area (Å²) in [4.78, 5) is 22.0. The zero-order valence-electron chi connectivity index (χ0n) is 15.7. The molecule has 0 saturated heterocycles. The topological polar surface area (TPSA) is 66.4 Å². The van der Waals surface area contributed by atoms with Crippen LogP contribution in [0.3, 0.4) is 0 Å². The van der Waals surface area contributed by atoms with Crippen molar-refractivity contribution in [1.82, 2.24) is 5.32 Å². The van der Waals surface area contributed by atoms with Gasteiger partial charge in [-0.05, 0) is 37.5 Å². The smallest absolute Gasteiger partial charge is 0.303 e. The summed E-state index contributed by atoms with van der Waals surface area (Å²) in [7, 11) is 0. The van der Waals surface area contributed by atoms with Gasteiger partial charge in [0.1, 0.15) is 0 Å². The molecule has 1 aliphatic carbocycles. The van der Waals surface area contributed by atoms with Gasteiger partial charge in [0.2, 0.25) is 5.91 Å². The van der Waals surface area contributed by atoms with Gasteiger partial charge in [0.05, 0.1) is 0 Å². The van der Waals surface area contributed by atoms with Crippen molar-refractivity contribution < 1.29 is 14.7 Å². The Morgan fingerprint density at radius 2 is 1.62 bits per heavy atom. The van der Waals surface area contributed by atoms with E-state index in [0.29, 0.717) is 12.0 Å². The van der Waals surface area contributed by atoms with Crippen LogP contribution in [0.5, 0.6) is 0 Å². The minimum Gasteiger partial charge on any atom is -0.481 e. The number of hydrogen-bond donors (Lipinski definition) is 2. The molecular formula is C20H37NO3. The highest BCUT2D eigenvalue weighted by molar-refractivity contribution is 5.73. The Bertz CT molecular complexity index is 370. The minimum atomic E-state index is -0.691. The van der Waals surface area contributed by atoms with Gasteiger partial charge in [0, 0.05) is 19.4 Å². The van der Waals surface area contributed by atoms with Crippen LogP contribution in [0.4, 0.5) is 0 Å². The summed E-state index contributed by atoms with van der Waals surface area (Å²) in [5.41, 5.74) is 0. The molecular weight excluding hydrogens is 302 g/mol. The molecule has 0 bridgehead atoms.